The molecule has 1 saturated carbocycles. The van der Waals surface area contributed by atoms with Crippen LogP contribution in [0.25, 0.3) is 0 Å². The Balaban J connectivity index is 1.67. The summed E-state index contributed by atoms with van der Waals surface area (Å²) in [5, 5.41) is 3.92. The predicted molar refractivity (Wildman–Crippen MR) is 108 cm³/mol. The van der Waals surface area contributed by atoms with Crippen molar-refractivity contribution in [3.8, 4) is 11.6 Å². The first-order valence-electron chi connectivity index (χ1n) is 9.63. The molecule has 1 N–H and O–H groups in total. The van der Waals surface area contributed by atoms with Gasteiger partial charge in [-0.05, 0) is 25.0 Å². The summed E-state index contributed by atoms with van der Waals surface area (Å²) in [5.41, 5.74) is 0.800. The lowest BCUT2D eigenvalue weighted by atomic mass is 9.87. The molecule has 2 heterocycles. The first-order chi connectivity index (χ1) is 14.0. The van der Waals surface area contributed by atoms with Gasteiger partial charge < -0.3 is 4.74 Å². The summed E-state index contributed by atoms with van der Waals surface area (Å²) < 4.78 is 35.1. The van der Waals surface area contributed by atoms with E-state index < -0.39 is 10.0 Å². The maximum atomic E-state index is 12.7. The molecule has 3 aromatic rings. The van der Waals surface area contributed by atoms with Gasteiger partial charge in [0.15, 0.2) is 0 Å². The average Bonchev–Trinajstić information content (AvgIpc) is 3.16. The number of aryl methyl sites for hydroxylation is 1. The molecular weight excluding hydrogens is 390 g/mol. The van der Waals surface area contributed by atoms with Gasteiger partial charge in [-0.25, -0.2) is 18.1 Å². The maximum Gasteiger partial charge on any atom is 0.267 e. The Hall–Kier alpha value is -2.94. The van der Waals surface area contributed by atoms with Crippen LogP contribution in [-0.2, 0) is 17.1 Å². The van der Waals surface area contributed by atoms with Crippen molar-refractivity contribution in [2.24, 2.45) is 7.05 Å². The zero-order valence-electron chi connectivity index (χ0n) is 16.2. The van der Waals surface area contributed by atoms with Crippen LogP contribution >= 0.6 is 0 Å². The maximum absolute atomic E-state index is 12.7. The Morgan fingerprint density at radius 2 is 1.86 bits per heavy atom. The molecule has 0 amide bonds. The Bertz CT molecular complexity index is 1080. The Morgan fingerprint density at radius 1 is 1.10 bits per heavy atom. The second-order valence-electron chi connectivity index (χ2n) is 7.16. The fraction of sp³-hybridized carbons (Fsp3) is 0.350. The number of benzene rings is 1. The van der Waals surface area contributed by atoms with E-state index in [0.717, 1.165) is 31.4 Å². The first kappa shape index (κ1) is 19.4. The Labute approximate surface area is 170 Å². The number of nitrogens with zero attached hydrogens (tertiary/aromatic N) is 4. The third-order valence-corrected chi connectivity index (χ3v) is 6.21. The minimum absolute atomic E-state index is 0.00265. The highest BCUT2D eigenvalue weighted by Crippen LogP contribution is 2.34. The van der Waals surface area contributed by atoms with Crippen molar-refractivity contribution in [1.29, 1.82) is 0 Å². The lowest BCUT2D eigenvalue weighted by Gasteiger charge is -2.22. The number of para-hydroxylation sites is 1. The number of nitrogens with one attached hydrogen (secondary N) is 1. The molecule has 1 fully saturated rings. The van der Waals surface area contributed by atoms with Crippen molar-refractivity contribution < 1.29 is 13.2 Å². The van der Waals surface area contributed by atoms with Crippen LogP contribution in [0.3, 0.4) is 0 Å². The summed E-state index contributed by atoms with van der Waals surface area (Å²) in [5.74, 6) is 1.21. The van der Waals surface area contributed by atoms with Gasteiger partial charge in [0.05, 0.1) is 11.9 Å². The molecule has 29 heavy (non-hydrogen) atoms. The molecule has 152 valence electrons. The largest absolute Gasteiger partial charge is 0.439 e. The van der Waals surface area contributed by atoms with Gasteiger partial charge in [0.2, 0.25) is 11.8 Å². The van der Waals surface area contributed by atoms with E-state index >= 15 is 0 Å². The molecule has 0 saturated heterocycles. The quantitative estimate of drug-likeness (QED) is 0.659. The van der Waals surface area contributed by atoms with Crippen LogP contribution in [0.1, 0.15) is 43.7 Å². The molecule has 0 aliphatic heterocycles. The van der Waals surface area contributed by atoms with Crippen LogP contribution in [-0.4, -0.2) is 28.2 Å². The van der Waals surface area contributed by atoms with Crippen LogP contribution in [0.4, 0.5) is 5.95 Å². The minimum atomic E-state index is -3.84. The van der Waals surface area contributed by atoms with Crippen LogP contribution < -0.4 is 9.46 Å². The molecule has 8 nitrogen and oxygen atoms in total. The van der Waals surface area contributed by atoms with Crippen molar-refractivity contribution in [1.82, 2.24) is 19.7 Å². The van der Waals surface area contributed by atoms with Gasteiger partial charge in [0.25, 0.3) is 10.0 Å². The topological polar surface area (TPSA) is 99.0 Å². The van der Waals surface area contributed by atoms with Crippen LogP contribution in [0, 0.1) is 0 Å². The lowest BCUT2D eigenvalue weighted by Crippen LogP contribution is -2.16. The molecule has 1 aliphatic rings. The summed E-state index contributed by atoms with van der Waals surface area (Å²) in [6.07, 6.45) is 8.26. The monoisotopic (exact) mass is 413 g/mol. The summed E-state index contributed by atoms with van der Waals surface area (Å²) in [6.45, 7) is 0. The highest BCUT2D eigenvalue weighted by Gasteiger charge is 2.22. The lowest BCUT2D eigenvalue weighted by molar-refractivity contribution is 0.428. The van der Waals surface area contributed by atoms with Crippen LogP contribution in [0.2, 0.25) is 0 Å². The van der Waals surface area contributed by atoms with Crippen LogP contribution in [0.15, 0.2) is 53.7 Å². The van der Waals surface area contributed by atoms with E-state index in [9.17, 15) is 8.42 Å². The smallest absolute Gasteiger partial charge is 0.267 e. The zero-order valence-corrected chi connectivity index (χ0v) is 17.0. The highest BCUT2D eigenvalue weighted by molar-refractivity contribution is 7.92. The average molecular weight is 414 g/mol. The van der Waals surface area contributed by atoms with E-state index in [-0.39, 0.29) is 16.8 Å². The van der Waals surface area contributed by atoms with Crippen molar-refractivity contribution in [2.75, 3.05) is 4.72 Å². The molecule has 0 atom stereocenters. The molecule has 0 spiro atoms. The van der Waals surface area contributed by atoms with Gasteiger partial charge in [-0.15, -0.1) is 0 Å². The molecule has 0 radical (unpaired) electrons. The molecule has 0 bridgehead atoms. The number of ether oxygens (including phenoxy) is 1. The van der Waals surface area contributed by atoms with Crippen LogP contribution in [0.5, 0.6) is 11.6 Å². The number of hydrogen-bond acceptors (Lipinski definition) is 6. The third kappa shape index (κ3) is 4.73. The summed E-state index contributed by atoms with van der Waals surface area (Å²) in [7, 11) is -2.19. The number of sulfonamides is 1. The second kappa shape index (κ2) is 8.20. The Morgan fingerprint density at radius 3 is 2.55 bits per heavy atom. The van der Waals surface area contributed by atoms with Gasteiger partial charge >= 0.3 is 0 Å². The van der Waals surface area contributed by atoms with E-state index in [2.05, 4.69) is 19.8 Å². The van der Waals surface area contributed by atoms with E-state index in [1.54, 1.807) is 7.05 Å². The van der Waals surface area contributed by atoms with Crippen molar-refractivity contribution in [3.63, 3.8) is 0 Å². The van der Waals surface area contributed by atoms with Crippen molar-refractivity contribution >= 4 is 16.0 Å². The number of rotatable bonds is 6. The molecule has 4 rings (SSSR count). The van der Waals surface area contributed by atoms with E-state index in [0.29, 0.717) is 11.6 Å². The molecule has 1 aromatic carbocycles. The number of aromatic nitrogens is 4. The minimum Gasteiger partial charge on any atom is -0.439 e. The Kier molecular flexibility index (Phi) is 5.48. The zero-order chi connectivity index (χ0) is 20.3. The van der Waals surface area contributed by atoms with Gasteiger partial charge in [-0.3, -0.25) is 4.68 Å². The molecule has 9 heteroatoms. The van der Waals surface area contributed by atoms with Gasteiger partial charge in [0.1, 0.15) is 10.6 Å². The number of hydrogen-bond donors (Lipinski definition) is 1. The fourth-order valence-corrected chi connectivity index (χ4v) is 4.40. The number of anilines is 1. The highest BCUT2D eigenvalue weighted by atomic mass is 32.2. The summed E-state index contributed by atoms with van der Waals surface area (Å²) >= 11 is 0. The normalized spacial score (nSPS) is 15.2. The SMILES string of the molecule is Cn1cc(S(=O)(=O)Nc2nc(Oc3ccccc3)cc(C3CCCCC3)n2)cn1. The molecule has 2 aromatic heterocycles. The van der Waals surface area contributed by atoms with Gasteiger partial charge in [-0.1, -0.05) is 37.5 Å². The molecule has 1 aliphatic carbocycles. The van der Waals surface area contributed by atoms with Crippen molar-refractivity contribution in [3.05, 3.63) is 54.5 Å². The van der Waals surface area contributed by atoms with Crippen molar-refractivity contribution in [2.45, 2.75) is 42.9 Å². The molecular formula is C20H23N5O3S. The second-order valence-corrected chi connectivity index (χ2v) is 8.84. The van der Waals surface area contributed by atoms with E-state index in [1.165, 1.54) is 23.5 Å². The fourth-order valence-electron chi connectivity index (χ4n) is 3.47. The van der Waals surface area contributed by atoms with E-state index in [4.69, 9.17) is 4.74 Å². The standard InChI is InChI=1S/C20H23N5O3S/c1-25-14-17(13-21-25)29(26,27)24-20-22-18(15-8-4-2-5-9-15)12-19(23-20)28-16-10-6-3-7-11-16/h3,6-7,10-15H,2,4-5,8-9H2,1H3,(H,22,23,24). The first-order valence-corrected chi connectivity index (χ1v) is 11.1. The third-order valence-electron chi connectivity index (χ3n) is 4.93. The van der Waals surface area contributed by atoms with Gasteiger partial charge in [-0.2, -0.15) is 10.1 Å². The van der Waals surface area contributed by atoms with E-state index in [1.807, 2.05) is 36.4 Å². The van der Waals surface area contributed by atoms with Gasteiger partial charge in [0, 0.05) is 25.2 Å². The summed E-state index contributed by atoms with van der Waals surface area (Å²) in [6, 6.07) is 11.1. The predicted octanol–water partition coefficient (Wildman–Crippen LogP) is 3.85. The molecule has 0 unspecified atom stereocenters. The summed E-state index contributed by atoms with van der Waals surface area (Å²) in [4.78, 5) is 8.85.